The van der Waals surface area contributed by atoms with E-state index in [-0.39, 0.29) is 23.8 Å². The Morgan fingerprint density at radius 3 is 2.57 bits per heavy atom. The molecule has 2 heterocycles. The molecule has 4 heteroatoms. The maximum Gasteiger partial charge on any atom is 0.226 e. The molecule has 1 amide bonds. The number of carbonyl (C=O) groups excluding carboxylic acids is 1. The van der Waals surface area contributed by atoms with E-state index in [9.17, 15) is 9.90 Å². The van der Waals surface area contributed by atoms with Crippen molar-refractivity contribution in [1.29, 1.82) is 0 Å². The summed E-state index contributed by atoms with van der Waals surface area (Å²) in [6, 6.07) is 10.4. The van der Waals surface area contributed by atoms with Gasteiger partial charge in [-0.25, -0.2) is 0 Å². The molecule has 0 aromatic heterocycles. The van der Waals surface area contributed by atoms with E-state index in [1.165, 1.54) is 5.56 Å². The van der Waals surface area contributed by atoms with Gasteiger partial charge >= 0.3 is 0 Å². The molecule has 114 valence electrons. The Hall–Kier alpha value is -1.39. The number of benzene rings is 1. The summed E-state index contributed by atoms with van der Waals surface area (Å²) in [5.74, 6) is 0.612. The zero-order valence-electron chi connectivity index (χ0n) is 12.4. The second-order valence-electron chi connectivity index (χ2n) is 6.17. The van der Waals surface area contributed by atoms with E-state index in [4.69, 9.17) is 0 Å². The molecule has 21 heavy (non-hydrogen) atoms. The maximum absolute atomic E-state index is 12.9. The number of carbonyl (C=O) groups is 1. The van der Waals surface area contributed by atoms with Crippen molar-refractivity contribution in [2.24, 2.45) is 5.92 Å². The largest absolute Gasteiger partial charge is 0.393 e. The van der Waals surface area contributed by atoms with Crippen molar-refractivity contribution >= 4 is 5.91 Å². The monoisotopic (exact) mass is 288 g/mol. The van der Waals surface area contributed by atoms with Gasteiger partial charge in [-0.3, -0.25) is 4.79 Å². The molecular formula is C17H24N2O2. The highest BCUT2D eigenvalue weighted by molar-refractivity contribution is 5.80. The van der Waals surface area contributed by atoms with Gasteiger partial charge in [-0.2, -0.15) is 0 Å². The lowest BCUT2D eigenvalue weighted by Gasteiger charge is -2.37. The van der Waals surface area contributed by atoms with Gasteiger partial charge in [0.1, 0.15) is 0 Å². The minimum atomic E-state index is -0.230. The summed E-state index contributed by atoms with van der Waals surface area (Å²) in [6.45, 7) is 3.18. The fourth-order valence-corrected chi connectivity index (χ4v) is 3.53. The Balaban J connectivity index is 1.73. The fourth-order valence-electron chi connectivity index (χ4n) is 3.53. The van der Waals surface area contributed by atoms with Crippen LogP contribution >= 0.6 is 0 Å². The third-order valence-corrected chi connectivity index (χ3v) is 4.80. The number of aliphatic hydroxyl groups excluding tert-OH is 1. The van der Waals surface area contributed by atoms with Gasteiger partial charge in [0.05, 0.1) is 6.10 Å². The zero-order chi connectivity index (χ0) is 14.7. The lowest BCUT2D eigenvalue weighted by molar-refractivity contribution is -0.139. The van der Waals surface area contributed by atoms with Crippen LogP contribution in [0.15, 0.2) is 30.3 Å². The summed E-state index contributed by atoms with van der Waals surface area (Å²) in [4.78, 5) is 14.8. The van der Waals surface area contributed by atoms with Crippen molar-refractivity contribution < 1.29 is 9.90 Å². The molecule has 2 N–H and O–H groups in total. The standard InChI is InChI=1S/C17H24N2O2/c20-14-7-10-19(11-8-14)17(21)15-6-9-18-12-16(15)13-4-2-1-3-5-13/h1-5,14-16,18,20H,6-12H2/t15-,16+/m1/s1. The Morgan fingerprint density at radius 2 is 1.86 bits per heavy atom. The van der Waals surface area contributed by atoms with E-state index in [1.54, 1.807) is 0 Å². The van der Waals surface area contributed by atoms with Crippen LogP contribution in [0.4, 0.5) is 0 Å². The van der Waals surface area contributed by atoms with Crippen LogP contribution in [0.1, 0.15) is 30.7 Å². The maximum atomic E-state index is 12.9. The van der Waals surface area contributed by atoms with Crippen LogP contribution in [-0.4, -0.2) is 48.2 Å². The molecule has 0 saturated carbocycles. The first-order valence-corrected chi connectivity index (χ1v) is 7.98. The molecule has 3 rings (SSSR count). The van der Waals surface area contributed by atoms with Crippen molar-refractivity contribution in [1.82, 2.24) is 10.2 Å². The summed E-state index contributed by atoms with van der Waals surface area (Å²) in [5.41, 5.74) is 1.25. The lowest BCUT2D eigenvalue weighted by atomic mass is 9.80. The van der Waals surface area contributed by atoms with E-state index in [0.29, 0.717) is 25.9 Å². The number of hydrogen-bond acceptors (Lipinski definition) is 3. The van der Waals surface area contributed by atoms with Crippen molar-refractivity contribution in [3.05, 3.63) is 35.9 Å². The Bertz CT molecular complexity index is 469. The van der Waals surface area contributed by atoms with Crippen molar-refractivity contribution in [3.63, 3.8) is 0 Å². The third-order valence-electron chi connectivity index (χ3n) is 4.80. The molecule has 2 aliphatic rings. The van der Waals surface area contributed by atoms with E-state index < -0.39 is 0 Å². The first kappa shape index (κ1) is 14.5. The molecule has 0 aliphatic carbocycles. The third kappa shape index (κ3) is 3.27. The normalized spacial score (nSPS) is 27.6. The quantitative estimate of drug-likeness (QED) is 0.864. The average molecular weight is 288 g/mol. The van der Waals surface area contributed by atoms with Crippen LogP contribution in [0, 0.1) is 5.92 Å². The fraction of sp³-hybridized carbons (Fsp3) is 0.588. The minimum Gasteiger partial charge on any atom is -0.393 e. The molecule has 0 spiro atoms. The van der Waals surface area contributed by atoms with Gasteiger partial charge in [-0.15, -0.1) is 0 Å². The summed E-state index contributed by atoms with van der Waals surface area (Å²) < 4.78 is 0. The van der Waals surface area contributed by atoms with Gasteiger partial charge in [0.15, 0.2) is 0 Å². The molecule has 2 aliphatic heterocycles. The lowest BCUT2D eigenvalue weighted by Crippen LogP contribution is -2.48. The van der Waals surface area contributed by atoms with Crippen LogP contribution < -0.4 is 5.32 Å². The number of aliphatic hydroxyl groups is 1. The minimum absolute atomic E-state index is 0.0730. The molecule has 4 nitrogen and oxygen atoms in total. The van der Waals surface area contributed by atoms with Gasteiger partial charge < -0.3 is 15.3 Å². The Kier molecular flexibility index (Phi) is 4.56. The molecule has 1 aromatic carbocycles. The molecular weight excluding hydrogens is 264 g/mol. The predicted octanol–water partition coefficient (Wildman–Crippen LogP) is 1.36. The molecule has 0 unspecified atom stereocenters. The Morgan fingerprint density at radius 1 is 1.14 bits per heavy atom. The summed E-state index contributed by atoms with van der Waals surface area (Å²) in [5, 5.41) is 13.0. The number of rotatable bonds is 2. The molecule has 1 aromatic rings. The first-order chi connectivity index (χ1) is 10.3. The van der Waals surface area contributed by atoms with Gasteiger partial charge in [-0.1, -0.05) is 30.3 Å². The average Bonchev–Trinajstić information content (AvgIpc) is 2.56. The molecule has 0 radical (unpaired) electrons. The van der Waals surface area contributed by atoms with Crippen LogP contribution in [0.2, 0.25) is 0 Å². The van der Waals surface area contributed by atoms with Crippen LogP contribution in [0.3, 0.4) is 0 Å². The highest BCUT2D eigenvalue weighted by Crippen LogP contribution is 2.31. The topological polar surface area (TPSA) is 52.6 Å². The van der Waals surface area contributed by atoms with Crippen LogP contribution in [0.5, 0.6) is 0 Å². The summed E-state index contributed by atoms with van der Waals surface area (Å²) >= 11 is 0. The molecule has 0 bridgehead atoms. The van der Waals surface area contributed by atoms with Gasteiger partial charge in [-0.05, 0) is 31.4 Å². The van der Waals surface area contributed by atoms with Crippen molar-refractivity contribution in [2.75, 3.05) is 26.2 Å². The molecule has 2 saturated heterocycles. The number of nitrogens with zero attached hydrogens (tertiary/aromatic N) is 1. The van der Waals surface area contributed by atoms with Crippen LogP contribution in [0.25, 0.3) is 0 Å². The highest BCUT2D eigenvalue weighted by Gasteiger charge is 2.35. The number of hydrogen-bond donors (Lipinski definition) is 2. The number of likely N-dealkylation sites (tertiary alicyclic amines) is 1. The van der Waals surface area contributed by atoms with Crippen molar-refractivity contribution in [2.45, 2.75) is 31.3 Å². The van der Waals surface area contributed by atoms with Gasteiger partial charge in [0.25, 0.3) is 0 Å². The Labute approximate surface area is 126 Å². The number of amides is 1. The first-order valence-electron chi connectivity index (χ1n) is 7.98. The van der Waals surface area contributed by atoms with Gasteiger partial charge in [0, 0.05) is 31.5 Å². The molecule has 2 fully saturated rings. The second-order valence-corrected chi connectivity index (χ2v) is 6.17. The second kappa shape index (κ2) is 6.58. The molecule has 2 atom stereocenters. The predicted molar refractivity (Wildman–Crippen MR) is 82.0 cm³/mol. The van der Waals surface area contributed by atoms with E-state index in [2.05, 4.69) is 17.4 Å². The highest BCUT2D eigenvalue weighted by atomic mass is 16.3. The number of nitrogens with one attached hydrogen (secondary N) is 1. The van der Waals surface area contributed by atoms with Crippen molar-refractivity contribution in [3.8, 4) is 0 Å². The zero-order valence-corrected chi connectivity index (χ0v) is 12.4. The number of piperidine rings is 2. The van der Waals surface area contributed by atoms with E-state index >= 15 is 0 Å². The van der Waals surface area contributed by atoms with Gasteiger partial charge in [0.2, 0.25) is 5.91 Å². The summed E-state index contributed by atoms with van der Waals surface area (Å²) in [6.07, 6.45) is 2.10. The smallest absolute Gasteiger partial charge is 0.226 e. The summed E-state index contributed by atoms with van der Waals surface area (Å²) in [7, 11) is 0. The SMILES string of the molecule is O=C([C@@H]1CCNC[C@H]1c1ccccc1)N1CCC(O)CC1. The van der Waals surface area contributed by atoms with Crippen LogP contribution in [-0.2, 0) is 4.79 Å². The van der Waals surface area contributed by atoms with E-state index in [0.717, 1.165) is 19.5 Å². The van der Waals surface area contributed by atoms with E-state index in [1.807, 2.05) is 23.1 Å².